The average Bonchev–Trinajstić information content (AvgIpc) is 2.33. The highest BCUT2D eigenvalue weighted by molar-refractivity contribution is 5.99. The lowest BCUT2D eigenvalue weighted by molar-refractivity contribution is 0.0370. The third-order valence-corrected chi connectivity index (χ3v) is 3.74. The Balaban J connectivity index is 2.11. The standard InChI is InChI=1S/C14H22N4O/c1-9-4-3-5-10(2)18(9)17-14(19)12-7-6-11(15)8-13(12)16/h6-10H,3-5,15-16H2,1-2H3,(H,17,19). The quantitative estimate of drug-likeness (QED) is 0.709. The van der Waals surface area contributed by atoms with Gasteiger partial charge in [0.1, 0.15) is 0 Å². The first-order valence-corrected chi connectivity index (χ1v) is 6.73. The van der Waals surface area contributed by atoms with Crippen LogP contribution in [0.2, 0.25) is 0 Å². The Morgan fingerprint density at radius 2 is 1.89 bits per heavy atom. The summed E-state index contributed by atoms with van der Waals surface area (Å²) in [6, 6.07) is 5.66. The largest absolute Gasteiger partial charge is 0.399 e. The van der Waals surface area contributed by atoms with E-state index in [1.54, 1.807) is 18.2 Å². The zero-order valence-corrected chi connectivity index (χ0v) is 11.5. The van der Waals surface area contributed by atoms with Crippen molar-refractivity contribution in [2.75, 3.05) is 11.5 Å². The van der Waals surface area contributed by atoms with Gasteiger partial charge in [0.25, 0.3) is 5.91 Å². The van der Waals surface area contributed by atoms with Gasteiger partial charge in [-0.1, -0.05) is 6.42 Å². The van der Waals surface area contributed by atoms with Crippen molar-refractivity contribution in [3.8, 4) is 0 Å². The first kappa shape index (κ1) is 13.7. The van der Waals surface area contributed by atoms with Gasteiger partial charge in [-0.15, -0.1) is 0 Å². The molecule has 19 heavy (non-hydrogen) atoms. The highest BCUT2D eigenvalue weighted by Crippen LogP contribution is 2.21. The Labute approximate surface area is 113 Å². The van der Waals surface area contributed by atoms with Crippen LogP contribution in [0, 0.1) is 0 Å². The summed E-state index contributed by atoms with van der Waals surface area (Å²) in [5, 5.41) is 2.03. The smallest absolute Gasteiger partial charge is 0.267 e. The Morgan fingerprint density at radius 3 is 2.47 bits per heavy atom. The molecule has 5 heteroatoms. The van der Waals surface area contributed by atoms with Crippen LogP contribution in [-0.4, -0.2) is 23.0 Å². The van der Waals surface area contributed by atoms with E-state index in [1.165, 1.54) is 6.42 Å². The third-order valence-electron chi connectivity index (χ3n) is 3.74. The first-order chi connectivity index (χ1) is 8.99. The maximum Gasteiger partial charge on any atom is 0.267 e. The second kappa shape index (κ2) is 5.48. The lowest BCUT2D eigenvalue weighted by atomic mass is 10.00. The van der Waals surface area contributed by atoms with Crippen LogP contribution >= 0.6 is 0 Å². The predicted octanol–water partition coefficient (Wildman–Crippen LogP) is 1.76. The molecule has 1 aromatic rings. The topological polar surface area (TPSA) is 84.4 Å². The van der Waals surface area contributed by atoms with E-state index in [9.17, 15) is 4.79 Å². The molecule has 2 atom stereocenters. The summed E-state index contributed by atoms with van der Waals surface area (Å²) in [6.07, 6.45) is 3.41. The number of piperidine rings is 1. The average molecular weight is 262 g/mol. The Kier molecular flexibility index (Phi) is 3.95. The van der Waals surface area contributed by atoms with Gasteiger partial charge in [0.05, 0.1) is 5.56 Å². The number of anilines is 2. The van der Waals surface area contributed by atoms with Crippen LogP contribution in [0.15, 0.2) is 18.2 Å². The summed E-state index contributed by atoms with van der Waals surface area (Å²) in [4.78, 5) is 12.3. The number of rotatable bonds is 2. The SMILES string of the molecule is CC1CCCC(C)N1NC(=O)c1ccc(N)cc1N. The highest BCUT2D eigenvalue weighted by Gasteiger charge is 2.26. The summed E-state index contributed by atoms with van der Waals surface area (Å²) >= 11 is 0. The number of hydrogen-bond donors (Lipinski definition) is 3. The number of carbonyl (C=O) groups is 1. The summed E-state index contributed by atoms with van der Waals surface area (Å²) < 4.78 is 0. The number of benzene rings is 1. The normalized spacial score (nSPS) is 24.1. The van der Waals surface area contributed by atoms with Crippen LogP contribution in [0.1, 0.15) is 43.5 Å². The number of amides is 1. The molecule has 5 N–H and O–H groups in total. The van der Waals surface area contributed by atoms with E-state index in [0.717, 1.165) is 12.8 Å². The maximum atomic E-state index is 12.3. The predicted molar refractivity (Wildman–Crippen MR) is 77.3 cm³/mol. The molecule has 1 saturated heterocycles. The van der Waals surface area contributed by atoms with Gasteiger partial charge in [-0.3, -0.25) is 10.2 Å². The van der Waals surface area contributed by atoms with Crippen molar-refractivity contribution in [2.45, 2.75) is 45.2 Å². The minimum absolute atomic E-state index is 0.168. The van der Waals surface area contributed by atoms with Gasteiger partial charge in [0, 0.05) is 23.5 Å². The molecule has 5 nitrogen and oxygen atoms in total. The van der Waals surface area contributed by atoms with Gasteiger partial charge in [-0.25, -0.2) is 5.01 Å². The van der Waals surface area contributed by atoms with E-state index < -0.39 is 0 Å². The number of nitrogens with two attached hydrogens (primary N) is 2. The van der Waals surface area contributed by atoms with Gasteiger partial charge in [-0.05, 0) is 44.9 Å². The molecule has 0 bridgehead atoms. The van der Waals surface area contributed by atoms with E-state index in [-0.39, 0.29) is 5.91 Å². The lowest BCUT2D eigenvalue weighted by Crippen LogP contribution is -2.54. The van der Waals surface area contributed by atoms with E-state index in [0.29, 0.717) is 29.0 Å². The van der Waals surface area contributed by atoms with Crippen molar-refractivity contribution in [1.29, 1.82) is 0 Å². The molecule has 1 aliphatic heterocycles. The fourth-order valence-corrected chi connectivity index (χ4v) is 2.61. The molecule has 0 spiro atoms. The van der Waals surface area contributed by atoms with E-state index >= 15 is 0 Å². The Morgan fingerprint density at radius 1 is 1.26 bits per heavy atom. The minimum Gasteiger partial charge on any atom is -0.399 e. The van der Waals surface area contributed by atoms with Crippen LogP contribution < -0.4 is 16.9 Å². The van der Waals surface area contributed by atoms with Crippen LogP contribution in [0.4, 0.5) is 11.4 Å². The van der Waals surface area contributed by atoms with Crippen molar-refractivity contribution in [3.05, 3.63) is 23.8 Å². The number of nitrogen functional groups attached to an aromatic ring is 2. The molecule has 2 unspecified atom stereocenters. The van der Waals surface area contributed by atoms with Crippen molar-refractivity contribution < 1.29 is 4.79 Å². The molecule has 1 aromatic carbocycles. The van der Waals surface area contributed by atoms with E-state index in [2.05, 4.69) is 19.3 Å². The molecule has 1 fully saturated rings. The molecule has 104 valence electrons. The van der Waals surface area contributed by atoms with E-state index in [4.69, 9.17) is 11.5 Å². The third kappa shape index (κ3) is 2.98. The number of nitrogens with one attached hydrogen (secondary N) is 1. The molecule has 1 amide bonds. The minimum atomic E-state index is -0.168. The van der Waals surface area contributed by atoms with Crippen molar-refractivity contribution in [3.63, 3.8) is 0 Å². The summed E-state index contributed by atoms with van der Waals surface area (Å²) in [5.74, 6) is -0.168. The summed E-state index contributed by atoms with van der Waals surface area (Å²) in [5.41, 5.74) is 15.9. The molecule has 0 saturated carbocycles. The van der Waals surface area contributed by atoms with Crippen LogP contribution in [0.3, 0.4) is 0 Å². The number of carbonyl (C=O) groups excluding carboxylic acids is 1. The molecular weight excluding hydrogens is 240 g/mol. The fraction of sp³-hybridized carbons (Fsp3) is 0.500. The van der Waals surface area contributed by atoms with Crippen molar-refractivity contribution >= 4 is 17.3 Å². The van der Waals surface area contributed by atoms with Crippen LogP contribution in [0.5, 0.6) is 0 Å². The molecule has 0 aliphatic carbocycles. The highest BCUT2D eigenvalue weighted by atomic mass is 16.2. The monoisotopic (exact) mass is 262 g/mol. The molecule has 2 rings (SSSR count). The Bertz CT molecular complexity index is 465. The van der Waals surface area contributed by atoms with Gasteiger partial charge in [0.2, 0.25) is 0 Å². The zero-order chi connectivity index (χ0) is 14.0. The molecule has 1 heterocycles. The van der Waals surface area contributed by atoms with Crippen LogP contribution in [-0.2, 0) is 0 Å². The zero-order valence-electron chi connectivity index (χ0n) is 11.5. The second-order valence-corrected chi connectivity index (χ2v) is 5.32. The first-order valence-electron chi connectivity index (χ1n) is 6.73. The van der Waals surface area contributed by atoms with Crippen LogP contribution in [0.25, 0.3) is 0 Å². The second-order valence-electron chi connectivity index (χ2n) is 5.32. The van der Waals surface area contributed by atoms with Gasteiger partial charge in [0.15, 0.2) is 0 Å². The lowest BCUT2D eigenvalue weighted by Gasteiger charge is -2.38. The van der Waals surface area contributed by atoms with Gasteiger partial charge in [-0.2, -0.15) is 0 Å². The fourth-order valence-electron chi connectivity index (χ4n) is 2.61. The van der Waals surface area contributed by atoms with Gasteiger partial charge >= 0.3 is 0 Å². The summed E-state index contributed by atoms with van der Waals surface area (Å²) in [7, 11) is 0. The molecular formula is C14H22N4O. The Hall–Kier alpha value is -1.75. The van der Waals surface area contributed by atoms with Crippen molar-refractivity contribution in [1.82, 2.24) is 10.4 Å². The number of hydrogen-bond acceptors (Lipinski definition) is 4. The number of hydrazine groups is 1. The molecule has 0 radical (unpaired) electrons. The van der Waals surface area contributed by atoms with Gasteiger partial charge < -0.3 is 11.5 Å². The molecule has 0 aromatic heterocycles. The number of nitrogens with zero attached hydrogens (tertiary/aromatic N) is 1. The van der Waals surface area contributed by atoms with Crippen molar-refractivity contribution in [2.24, 2.45) is 0 Å². The van der Waals surface area contributed by atoms with E-state index in [1.807, 2.05) is 5.01 Å². The molecule has 1 aliphatic rings. The summed E-state index contributed by atoms with van der Waals surface area (Å²) in [6.45, 7) is 4.25. The maximum absolute atomic E-state index is 12.3.